The third-order valence-corrected chi connectivity index (χ3v) is 8.85. The molecule has 2 aromatic rings. The molecule has 244 valence electrons. The Morgan fingerprint density at radius 2 is 1.05 bits per heavy atom. The van der Waals surface area contributed by atoms with Crippen LogP contribution >= 0.6 is 0 Å². The number of quaternary nitrogens is 1. The van der Waals surface area contributed by atoms with E-state index in [1.165, 1.54) is 122 Å². The van der Waals surface area contributed by atoms with Gasteiger partial charge in [0.05, 0.1) is 26.2 Å². The molecule has 0 N–H and O–H groups in total. The van der Waals surface area contributed by atoms with Crippen LogP contribution in [0.15, 0.2) is 54.6 Å². The van der Waals surface area contributed by atoms with Crippen LogP contribution in [-0.4, -0.2) is 37.1 Å². The number of rotatable bonds is 26. The fraction of sp³-hybridized carbons (Fsp3) is 0.667. The number of hydrogen-bond donors (Lipinski definition) is 0. The molecule has 0 heterocycles. The first-order valence-electron chi connectivity index (χ1n) is 17.7. The quantitative estimate of drug-likeness (QED) is 0.0439. The first-order chi connectivity index (χ1) is 20.5. The molecular weight excluding hydrogens is 594 g/mol. The van der Waals surface area contributed by atoms with Crippen LogP contribution in [0.1, 0.15) is 158 Å². The van der Waals surface area contributed by atoms with Crippen molar-refractivity contribution >= 4 is 5.78 Å². The van der Waals surface area contributed by atoms with E-state index in [0.717, 1.165) is 23.2 Å². The van der Waals surface area contributed by atoms with Crippen LogP contribution in [-0.2, 0) is 0 Å². The molecule has 1 atom stereocenters. The van der Waals surface area contributed by atoms with Gasteiger partial charge < -0.3 is 21.7 Å². The minimum Gasteiger partial charge on any atom is -1.00 e. The summed E-state index contributed by atoms with van der Waals surface area (Å²) < 4.78 is 7.61. The number of nitrogens with zero attached hydrogens (tertiary/aromatic N) is 1. The molecule has 0 saturated heterocycles. The lowest BCUT2D eigenvalue weighted by molar-refractivity contribution is -0.933. The second-order valence-corrected chi connectivity index (χ2v) is 13.1. The maximum atomic E-state index is 13.4. The summed E-state index contributed by atoms with van der Waals surface area (Å²) in [5.41, 5.74) is 1.37. The first kappa shape index (κ1) is 39.4. The average Bonchev–Trinajstić information content (AvgIpc) is 3.01. The second-order valence-electron chi connectivity index (χ2n) is 13.1. The number of ketones is 1. The monoisotopic (exact) mass is 657 g/mol. The molecule has 3 nitrogen and oxygen atoms in total. The Hall–Kier alpha value is -1.65. The number of benzene rings is 2. The Morgan fingerprint density at radius 1 is 0.605 bits per heavy atom. The Morgan fingerprint density at radius 3 is 1.58 bits per heavy atom. The van der Waals surface area contributed by atoms with Crippen molar-refractivity contribution in [3.05, 3.63) is 65.7 Å². The maximum absolute atomic E-state index is 13.4. The van der Waals surface area contributed by atoms with Crippen molar-refractivity contribution in [2.45, 2.75) is 148 Å². The normalized spacial score (nSPS) is 12.1. The van der Waals surface area contributed by atoms with Gasteiger partial charge in [-0.15, -0.1) is 0 Å². The van der Waals surface area contributed by atoms with Crippen molar-refractivity contribution in [1.29, 1.82) is 0 Å². The zero-order chi connectivity index (χ0) is 30.3. The molecule has 0 aliphatic rings. The first-order valence-corrected chi connectivity index (χ1v) is 17.7. The number of carbonyl (C=O) groups excluding carboxylic acids is 1. The maximum Gasteiger partial charge on any atom is 0.233 e. The van der Waals surface area contributed by atoms with Crippen molar-refractivity contribution in [3.63, 3.8) is 0 Å². The molecule has 2 rings (SSSR count). The average molecular weight is 659 g/mol. The van der Waals surface area contributed by atoms with E-state index in [2.05, 4.69) is 27.9 Å². The smallest absolute Gasteiger partial charge is 0.233 e. The highest BCUT2D eigenvalue weighted by Gasteiger charge is 2.30. The number of ether oxygens (including phenoxy) is 1. The van der Waals surface area contributed by atoms with E-state index < -0.39 is 0 Å². The summed E-state index contributed by atoms with van der Waals surface area (Å²) in [6, 6.07) is 17.4. The highest BCUT2D eigenvalue weighted by atomic mass is 79.9. The van der Waals surface area contributed by atoms with Gasteiger partial charge in [0.25, 0.3) is 0 Å². The Balaban J connectivity index is 0.00000924. The van der Waals surface area contributed by atoms with E-state index in [1.807, 2.05) is 54.6 Å². The van der Waals surface area contributed by atoms with E-state index >= 15 is 0 Å². The molecule has 0 amide bonds. The third kappa shape index (κ3) is 16.8. The SMILES string of the molecule is CCCCCCCCCCCCCCCCCC(Oc1ccccc1C(=O)c1ccccc1)[N+](C)(C)CCCCCC.[Br-]. The van der Waals surface area contributed by atoms with E-state index in [9.17, 15) is 4.79 Å². The summed E-state index contributed by atoms with van der Waals surface area (Å²) in [5, 5.41) is 0. The van der Waals surface area contributed by atoms with E-state index in [4.69, 9.17) is 4.74 Å². The molecule has 0 saturated carbocycles. The van der Waals surface area contributed by atoms with Gasteiger partial charge in [-0.05, 0) is 31.4 Å². The largest absolute Gasteiger partial charge is 1.00 e. The Bertz CT molecular complexity index is 945. The van der Waals surface area contributed by atoms with Crippen molar-refractivity contribution in [3.8, 4) is 5.75 Å². The summed E-state index contributed by atoms with van der Waals surface area (Å²) in [4.78, 5) is 13.4. The number of para-hydroxylation sites is 1. The molecule has 0 aromatic heterocycles. The van der Waals surface area contributed by atoms with Crippen LogP contribution in [0, 0.1) is 0 Å². The van der Waals surface area contributed by atoms with Gasteiger partial charge in [-0.2, -0.15) is 0 Å². The minimum absolute atomic E-state index is 0. The molecule has 2 aromatic carbocycles. The topological polar surface area (TPSA) is 26.3 Å². The zero-order valence-electron chi connectivity index (χ0n) is 28.3. The van der Waals surface area contributed by atoms with Gasteiger partial charge >= 0.3 is 0 Å². The van der Waals surface area contributed by atoms with Crippen LogP contribution in [0.3, 0.4) is 0 Å². The highest BCUT2D eigenvalue weighted by Crippen LogP contribution is 2.27. The van der Waals surface area contributed by atoms with Crippen LogP contribution in [0.25, 0.3) is 0 Å². The lowest BCUT2D eigenvalue weighted by Crippen LogP contribution is -3.00. The molecule has 0 spiro atoms. The highest BCUT2D eigenvalue weighted by molar-refractivity contribution is 6.10. The minimum atomic E-state index is 0. The van der Waals surface area contributed by atoms with Gasteiger partial charge in [0.1, 0.15) is 5.75 Å². The summed E-state index contributed by atoms with van der Waals surface area (Å²) in [7, 11) is 4.62. The van der Waals surface area contributed by atoms with Crippen molar-refractivity contribution in [1.82, 2.24) is 0 Å². The fourth-order valence-electron chi connectivity index (χ4n) is 5.98. The van der Waals surface area contributed by atoms with Crippen molar-refractivity contribution in [2.24, 2.45) is 0 Å². The van der Waals surface area contributed by atoms with Crippen LogP contribution in [0.4, 0.5) is 0 Å². The number of carbonyl (C=O) groups is 1. The summed E-state index contributed by atoms with van der Waals surface area (Å²) in [5.74, 6) is 0.752. The van der Waals surface area contributed by atoms with Crippen LogP contribution in [0.5, 0.6) is 5.75 Å². The fourth-order valence-corrected chi connectivity index (χ4v) is 5.98. The molecule has 0 bridgehead atoms. The number of halogens is 1. The molecule has 4 heteroatoms. The lowest BCUT2D eigenvalue weighted by atomic mass is 10.0. The molecule has 43 heavy (non-hydrogen) atoms. The van der Waals surface area contributed by atoms with E-state index in [-0.39, 0.29) is 29.0 Å². The van der Waals surface area contributed by atoms with Gasteiger partial charge in [-0.25, -0.2) is 0 Å². The van der Waals surface area contributed by atoms with Crippen LogP contribution < -0.4 is 21.7 Å². The molecule has 1 unspecified atom stereocenters. The molecule has 0 aliphatic heterocycles. The molecule has 0 fully saturated rings. The van der Waals surface area contributed by atoms with Crippen LogP contribution in [0.2, 0.25) is 0 Å². The number of hydrogen-bond acceptors (Lipinski definition) is 2. The van der Waals surface area contributed by atoms with Gasteiger partial charge in [0, 0.05) is 12.0 Å². The van der Waals surface area contributed by atoms with Crippen molar-refractivity contribution < 1.29 is 31.0 Å². The summed E-state index contributed by atoms with van der Waals surface area (Å²) in [6.07, 6.45) is 26.7. The Labute approximate surface area is 276 Å². The summed E-state index contributed by atoms with van der Waals surface area (Å²) in [6.45, 7) is 5.65. The predicted octanol–water partition coefficient (Wildman–Crippen LogP) is 8.54. The summed E-state index contributed by atoms with van der Waals surface area (Å²) >= 11 is 0. The van der Waals surface area contributed by atoms with Gasteiger partial charge in [0.2, 0.25) is 6.23 Å². The van der Waals surface area contributed by atoms with E-state index in [0.29, 0.717) is 11.1 Å². The lowest BCUT2D eigenvalue weighted by Gasteiger charge is -2.38. The number of unbranched alkanes of at least 4 members (excludes halogenated alkanes) is 17. The van der Waals surface area contributed by atoms with Gasteiger partial charge in [-0.3, -0.25) is 9.28 Å². The third-order valence-electron chi connectivity index (χ3n) is 8.85. The molecule has 0 aliphatic carbocycles. The van der Waals surface area contributed by atoms with Gasteiger partial charge in [-0.1, -0.05) is 159 Å². The van der Waals surface area contributed by atoms with E-state index in [1.54, 1.807) is 0 Å². The predicted molar refractivity (Wildman–Crippen MR) is 181 cm³/mol. The molecule has 0 radical (unpaired) electrons. The Kier molecular flexibility index (Phi) is 22.6. The van der Waals surface area contributed by atoms with Gasteiger partial charge in [0.15, 0.2) is 5.78 Å². The zero-order valence-corrected chi connectivity index (χ0v) is 29.9. The standard InChI is InChI=1S/C39H64NO2.BrH/c1-5-7-9-11-12-13-14-15-16-17-18-19-20-21-25-33-38(40(3,4)34-28-10-8-6-2)42-37-32-27-26-31-36(37)39(41)35-29-23-22-24-30-35;/h22-24,26-27,29-32,38H,5-21,25,28,33-34H2,1-4H3;1H/q+1;/p-1. The van der Waals surface area contributed by atoms with Crippen molar-refractivity contribution in [2.75, 3.05) is 20.6 Å². The second kappa shape index (κ2) is 24.6. The molecular formula is C39H64BrNO2.